The SMILES string of the molecule is Cc1nc(-c2csc(S(=O)(=O)N3CCC[C@H](C(=O)NCc4ccc(N(C)C)cc4)C3)c2)no1. The van der Waals surface area contributed by atoms with Gasteiger partial charge in [0.1, 0.15) is 4.21 Å². The number of aryl methyl sites for hydroxylation is 1. The normalized spacial score (nSPS) is 17.1. The average Bonchev–Trinajstić information content (AvgIpc) is 3.47. The number of aromatic nitrogens is 2. The molecule has 1 aromatic carbocycles. The standard InChI is InChI=1S/C22H27N5O4S2/c1-15-24-21(25-31-15)18-11-20(32-14-18)33(29,30)27-10-4-5-17(13-27)22(28)23-12-16-6-8-19(9-7-16)26(2)3/h6-9,11,14,17H,4-5,10,12-13H2,1-3H3,(H,23,28)/t17-/m0/s1. The number of rotatable bonds is 7. The molecule has 9 nitrogen and oxygen atoms in total. The zero-order valence-electron chi connectivity index (χ0n) is 18.8. The maximum Gasteiger partial charge on any atom is 0.252 e. The fraction of sp³-hybridized carbons (Fsp3) is 0.409. The Labute approximate surface area is 197 Å². The molecule has 33 heavy (non-hydrogen) atoms. The van der Waals surface area contributed by atoms with Crippen LogP contribution in [-0.4, -0.2) is 56.0 Å². The lowest BCUT2D eigenvalue weighted by Gasteiger charge is -2.30. The third-order valence-corrected chi connectivity index (χ3v) is 8.91. The lowest BCUT2D eigenvalue weighted by Crippen LogP contribution is -2.45. The third-order valence-electron chi connectivity index (χ3n) is 5.63. The fourth-order valence-electron chi connectivity index (χ4n) is 3.73. The molecular formula is C22H27N5O4S2. The second-order valence-corrected chi connectivity index (χ2v) is 11.3. The molecule has 1 aliphatic rings. The van der Waals surface area contributed by atoms with E-state index in [2.05, 4.69) is 15.5 Å². The highest BCUT2D eigenvalue weighted by atomic mass is 32.2. The van der Waals surface area contributed by atoms with Crippen molar-refractivity contribution in [2.75, 3.05) is 32.1 Å². The van der Waals surface area contributed by atoms with Crippen LogP contribution >= 0.6 is 11.3 Å². The van der Waals surface area contributed by atoms with Gasteiger partial charge in [0.15, 0.2) is 0 Å². The van der Waals surface area contributed by atoms with E-state index in [0.29, 0.717) is 43.2 Å². The summed E-state index contributed by atoms with van der Waals surface area (Å²) in [6.07, 6.45) is 1.30. The Bertz CT molecular complexity index is 1220. The first-order valence-corrected chi connectivity index (χ1v) is 13.0. The number of carbonyl (C=O) groups excluding carboxylic acids is 1. The molecule has 1 fully saturated rings. The summed E-state index contributed by atoms with van der Waals surface area (Å²) < 4.78 is 33.0. The molecule has 1 N–H and O–H groups in total. The number of nitrogens with one attached hydrogen (secondary N) is 1. The molecule has 0 unspecified atom stereocenters. The first kappa shape index (κ1) is 23.4. The Hall–Kier alpha value is -2.76. The Morgan fingerprint density at radius 3 is 2.73 bits per heavy atom. The van der Waals surface area contributed by atoms with Gasteiger partial charge >= 0.3 is 0 Å². The predicted octanol–water partition coefficient (Wildman–Crippen LogP) is 2.89. The maximum atomic E-state index is 13.2. The summed E-state index contributed by atoms with van der Waals surface area (Å²) in [5, 5.41) is 8.50. The van der Waals surface area contributed by atoms with Gasteiger partial charge in [0.25, 0.3) is 10.0 Å². The van der Waals surface area contributed by atoms with Gasteiger partial charge in [0, 0.05) is 57.3 Å². The molecule has 1 aliphatic heterocycles. The van der Waals surface area contributed by atoms with E-state index in [9.17, 15) is 13.2 Å². The van der Waals surface area contributed by atoms with E-state index in [1.807, 2.05) is 43.3 Å². The van der Waals surface area contributed by atoms with Crippen LogP contribution in [0, 0.1) is 12.8 Å². The number of amides is 1. The largest absolute Gasteiger partial charge is 0.378 e. The number of benzene rings is 1. The summed E-state index contributed by atoms with van der Waals surface area (Å²) in [7, 11) is 0.242. The molecule has 0 bridgehead atoms. The number of sulfonamides is 1. The summed E-state index contributed by atoms with van der Waals surface area (Å²) in [4.78, 5) is 18.9. The van der Waals surface area contributed by atoms with Crippen molar-refractivity contribution in [3.63, 3.8) is 0 Å². The lowest BCUT2D eigenvalue weighted by molar-refractivity contribution is -0.126. The Balaban J connectivity index is 1.39. The van der Waals surface area contributed by atoms with E-state index >= 15 is 0 Å². The number of carbonyl (C=O) groups is 1. The average molecular weight is 490 g/mol. The van der Waals surface area contributed by atoms with Crippen LogP contribution in [0.4, 0.5) is 5.69 Å². The van der Waals surface area contributed by atoms with Crippen LogP contribution in [0.25, 0.3) is 11.4 Å². The zero-order chi connectivity index (χ0) is 23.6. The molecule has 0 saturated carbocycles. The summed E-state index contributed by atoms with van der Waals surface area (Å²) in [6, 6.07) is 9.52. The minimum atomic E-state index is -3.71. The van der Waals surface area contributed by atoms with E-state index in [-0.39, 0.29) is 22.6 Å². The molecule has 1 atom stereocenters. The molecule has 0 radical (unpaired) electrons. The Morgan fingerprint density at radius 1 is 1.30 bits per heavy atom. The summed E-state index contributed by atoms with van der Waals surface area (Å²) in [6.45, 7) is 2.65. The molecule has 1 amide bonds. The molecule has 1 saturated heterocycles. The molecule has 2 aromatic heterocycles. The number of hydrogen-bond donors (Lipinski definition) is 1. The van der Waals surface area contributed by atoms with Crippen LogP contribution in [-0.2, 0) is 21.4 Å². The maximum absolute atomic E-state index is 13.2. The third kappa shape index (κ3) is 5.26. The van der Waals surface area contributed by atoms with E-state index < -0.39 is 10.0 Å². The summed E-state index contributed by atoms with van der Waals surface area (Å²) in [5.41, 5.74) is 2.68. The minimum Gasteiger partial charge on any atom is -0.378 e. The highest BCUT2D eigenvalue weighted by Crippen LogP contribution is 2.31. The molecule has 11 heteroatoms. The van der Waals surface area contributed by atoms with E-state index in [0.717, 1.165) is 22.6 Å². The first-order valence-electron chi connectivity index (χ1n) is 10.7. The monoisotopic (exact) mass is 489 g/mol. The van der Waals surface area contributed by atoms with Crippen molar-refractivity contribution in [1.29, 1.82) is 0 Å². The number of piperidine rings is 1. The fourth-order valence-corrected chi connectivity index (χ4v) is 6.57. The highest BCUT2D eigenvalue weighted by molar-refractivity contribution is 7.91. The van der Waals surface area contributed by atoms with Crippen molar-refractivity contribution in [2.45, 2.75) is 30.5 Å². The number of anilines is 1. The van der Waals surface area contributed by atoms with Crippen LogP contribution in [0.5, 0.6) is 0 Å². The molecule has 4 rings (SSSR count). The van der Waals surface area contributed by atoms with Crippen molar-refractivity contribution in [3.05, 3.63) is 47.2 Å². The summed E-state index contributed by atoms with van der Waals surface area (Å²) >= 11 is 1.12. The van der Waals surface area contributed by atoms with Gasteiger partial charge in [0.05, 0.1) is 5.92 Å². The second kappa shape index (κ2) is 9.62. The quantitative estimate of drug-likeness (QED) is 0.544. The van der Waals surface area contributed by atoms with E-state index in [1.54, 1.807) is 18.4 Å². The van der Waals surface area contributed by atoms with Gasteiger partial charge < -0.3 is 14.7 Å². The highest BCUT2D eigenvalue weighted by Gasteiger charge is 2.34. The number of hydrogen-bond acceptors (Lipinski definition) is 8. The van der Waals surface area contributed by atoms with Crippen LogP contribution in [0.1, 0.15) is 24.3 Å². The first-order chi connectivity index (χ1) is 15.7. The topological polar surface area (TPSA) is 109 Å². The number of thiophene rings is 1. The Kier molecular flexibility index (Phi) is 6.82. The zero-order valence-corrected chi connectivity index (χ0v) is 20.4. The molecule has 176 valence electrons. The Morgan fingerprint density at radius 2 is 2.06 bits per heavy atom. The van der Waals surface area contributed by atoms with Crippen LogP contribution < -0.4 is 10.2 Å². The minimum absolute atomic E-state index is 0.124. The van der Waals surface area contributed by atoms with Gasteiger partial charge in [-0.15, -0.1) is 11.3 Å². The van der Waals surface area contributed by atoms with Crippen LogP contribution in [0.15, 0.2) is 44.4 Å². The number of nitrogens with zero attached hydrogens (tertiary/aromatic N) is 4. The van der Waals surface area contributed by atoms with E-state index in [1.165, 1.54) is 4.31 Å². The van der Waals surface area contributed by atoms with Crippen molar-refractivity contribution in [3.8, 4) is 11.4 Å². The van der Waals surface area contributed by atoms with Crippen molar-refractivity contribution < 1.29 is 17.7 Å². The van der Waals surface area contributed by atoms with E-state index in [4.69, 9.17) is 4.52 Å². The van der Waals surface area contributed by atoms with Gasteiger partial charge in [-0.05, 0) is 36.6 Å². The van der Waals surface area contributed by atoms with Crippen molar-refractivity contribution >= 4 is 33.0 Å². The molecule has 3 heterocycles. The van der Waals surface area contributed by atoms with Crippen molar-refractivity contribution in [1.82, 2.24) is 19.8 Å². The lowest BCUT2D eigenvalue weighted by atomic mass is 9.99. The van der Waals surface area contributed by atoms with Gasteiger partial charge in [-0.2, -0.15) is 9.29 Å². The van der Waals surface area contributed by atoms with Crippen LogP contribution in [0.2, 0.25) is 0 Å². The van der Waals surface area contributed by atoms with Gasteiger partial charge in [0.2, 0.25) is 17.6 Å². The molecule has 0 aliphatic carbocycles. The van der Waals surface area contributed by atoms with Crippen molar-refractivity contribution in [2.24, 2.45) is 5.92 Å². The molecule has 0 spiro atoms. The smallest absolute Gasteiger partial charge is 0.252 e. The molecular weight excluding hydrogens is 462 g/mol. The molecule has 3 aromatic rings. The second-order valence-electron chi connectivity index (χ2n) is 8.27. The van der Waals surface area contributed by atoms with Gasteiger partial charge in [-0.25, -0.2) is 8.42 Å². The van der Waals surface area contributed by atoms with Gasteiger partial charge in [-0.1, -0.05) is 17.3 Å². The van der Waals surface area contributed by atoms with Gasteiger partial charge in [-0.3, -0.25) is 4.79 Å². The summed E-state index contributed by atoms with van der Waals surface area (Å²) in [5.74, 6) is 0.272. The predicted molar refractivity (Wildman–Crippen MR) is 126 cm³/mol. The van der Waals surface area contributed by atoms with Crippen LogP contribution in [0.3, 0.4) is 0 Å².